The van der Waals surface area contributed by atoms with Gasteiger partial charge < -0.3 is 4.74 Å². The molecule has 0 unspecified atom stereocenters. The third-order valence-corrected chi connectivity index (χ3v) is 2.22. The standard InChI is InChI=1S/C12H14O.C5H10/c1-3-5-10-13-12-8-6-11(4-2)7-9-12;1-3-5-4-2/h3,5-10H,1,4H2,2H3;3,5H,4H2,1-2H3/b10-5+;5-3-. The van der Waals surface area contributed by atoms with Gasteiger partial charge in [-0.1, -0.05) is 50.8 Å². The van der Waals surface area contributed by atoms with Crippen molar-refractivity contribution in [1.82, 2.24) is 0 Å². The summed E-state index contributed by atoms with van der Waals surface area (Å²) in [6.07, 6.45) is 11.5. The normalized spacial score (nSPS) is 10.2. The maximum atomic E-state index is 5.29. The number of ether oxygens (including phenoxy) is 1. The van der Waals surface area contributed by atoms with E-state index in [1.54, 1.807) is 18.4 Å². The zero-order valence-electron chi connectivity index (χ0n) is 11.7. The average Bonchev–Trinajstić information content (AvgIpc) is 2.41. The number of hydrogen-bond acceptors (Lipinski definition) is 1. The van der Waals surface area contributed by atoms with Gasteiger partial charge in [0.25, 0.3) is 0 Å². The Morgan fingerprint density at radius 1 is 1.17 bits per heavy atom. The average molecular weight is 244 g/mol. The number of benzene rings is 1. The van der Waals surface area contributed by atoms with E-state index in [4.69, 9.17) is 4.74 Å². The van der Waals surface area contributed by atoms with Gasteiger partial charge in [0.2, 0.25) is 0 Å². The SMILES string of the molecule is C/C=C\CC.C=C/C=C/Oc1ccc(CC)cc1. The molecule has 0 aliphatic heterocycles. The first-order chi connectivity index (χ1) is 8.78. The first kappa shape index (κ1) is 16.2. The maximum absolute atomic E-state index is 5.29. The molecule has 0 atom stereocenters. The molecule has 0 spiro atoms. The Hall–Kier alpha value is -1.76. The predicted molar refractivity (Wildman–Crippen MR) is 80.9 cm³/mol. The Balaban J connectivity index is 0.000000494. The summed E-state index contributed by atoms with van der Waals surface area (Å²) >= 11 is 0. The Kier molecular flexibility index (Phi) is 10.6. The molecule has 0 aliphatic rings. The van der Waals surface area contributed by atoms with E-state index in [9.17, 15) is 0 Å². The molecule has 0 radical (unpaired) electrons. The van der Waals surface area contributed by atoms with Crippen molar-refractivity contribution in [1.29, 1.82) is 0 Å². The van der Waals surface area contributed by atoms with Crippen LogP contribution in [0, 0.1) is 0 Å². The number of allylic oxidation sites excluding steroid dienone is 4. The highest BCUT2D eigenvalue weighted by Gasteiger charge is 1.90. The second-order valence-corrected chi connectivity index (χ2v) is 3.66. The van der Waals surface area contributed by atoms with Crippen molar-refractivity contribution >= 4 is 0 Å². The van der Waals surface area contributed by atoms with Crippen LogP contribution in [-0.4, -0.2) is 0 Å². The van der Waals surface area contributed by atoms with E-state index >= 15 is 0 Å². The number of rotatable bonds is 5. The third-order valence-electron chi connectivity index (χ3n) is 2.22. The second-order valence-electron chi connectivity index (χ2n) is 3.66. The van der Waals surface area contributed by atoms with Gasteiger partial charge >= 0.3 is 0 Å². The minimum absolute atomic E-state index is 0.857. The van der Waals surface area contributed by atoms with E-state index in [0.717, 1.165) is 18.6 Å². The molecule has 1 aromatic rings. The van der Waals surface area contributed by atoms with Gasteiger partial charge in [-0.05, 0) is 43.5 Å². The molecule has 98 valence electrons. The molecule has 0 aliphatic carbocycles. The third kappa shape index (κ3) is 8.40. The summed E-state index contributed by atoms with van der Waals surface area (Å²) < 4.78 is 5.29. The smallest absolute Gasteiger partial charge is 0.126 e. The largest absolute Gasteiger partial charge is 0.465 e. The van der Waals surface area contributed by atoms with Gasteiger partial charge in [-0.2, -0.15) is 0 Å². The van der Waals surface area contributed by atoms with Crippen molar-refractivity contribution in [2.45, 2.75) is 33.6 Å². The van der Waals surface area contributed by atoms with Gasteiger partial charge in [0.05, 0.1) is 6.26 Å². The van der Waals surface area contributed by atoms with Crippen molar-refractivity contribution in [2.24, 2.45) is 0 Å². The molecular formula is C17H24O. The van der Waals surface area contributed by atoms with Crippen molar-refractivity contribution < 1.29 is 4.74 Å². The summed E-state index contributed by atoms with van der Waals surface area (Å²) in [5, 5.41) is 0. The van der Waals surface area contributed by atoms with Gasteiger partial charge in [-0.25, -0.2) is 0 Å². The number of aryl methyl sites for hydroxylation is 1. The highest BCUT2D eigenvalue weighted by atomic mass is 16.5. The molecule has 0 saturated heterocycles. The lowest BCUT2D eigenvalue weighted by Gasteiger charge is -2.00. The van der Waals surface area contributed by atoms with Gasteiger partial charge in [-0.15, -0.1) is 0 Å². The molecule has 0 bridgehead atoms. The maximum Gasteiger partial charge on any atom is 0.126 e. The quantitative estimate of drug-likeness (QED) is 0.388. The minimum Gasteiger partial charge on any atom is -0.465 e. The van der Waals surface area contributed by atoms with E-state index in [2.05, 4.69) is 44.7 Å². The van der Waals surface area contributed by atoms with Crippen LogP contribution < -0.4 is 4.74 Å². The van der Waals surface area contributed by atoms with Crippen LogP contribution in [0.15, 0.2) is 61.4 Å². The minimum atomic E-state index is 0.857. The van der Waals surface area contributed by atoms with Crippen molar-refractivity contribution in [2.75, 3.05) is 0 Å². The molecule has 1 nitrogen and oxygen atoms in total. The van der Waals surface area contributed by atoms with Crippen LogP contribution in [0.4, 0.5) is 0 Å². The lowest BCUT2D eigenvalue weighted by atomic mass is 10.2. The van der Waals surface area contributed by atoms with Gasteiger partial charge in [-0.3, -0.25) is 0 Å². The summed E-state index contributed by atoms with van der Waals surface area (Å²) in [6.45, 7) is 9.84. The molecule has 0 saturated carbocycles. The Morgan fingerprint density at radius 3 is 2.22 bits per heavy atom. The van der Waals surface area contributed by atoms with Gasteiger partial charge in [0.15, 0.2) is 0 Å². The fraction of sp³-hybridized carbons (Fsp3) is 0.294. The monoisotopic (exact) mass is 244 g/mol. The zero-order valence-corrected chi connectivity index (χ0v) is 11.7. The predicted octanol–water partition coefficient (Wildman–Crippen LogP) is 5.30. The summed E-state index contributed by atoms with van der Waals surface area (Å²) in [4.78, 5) is 0. The fourth-order valence-corrected chi connectivity index (χ4v) is 1.21. The van der Waals surface area contributed by atoms with E-state index in [1.165, 1.54) is 5.56 Å². The summed E-state index contributed by atoms with van der Waals surface area (Å²) in [6, 6.07) is 8.06. The fourth-order valence-electron chi connectivity index (χ4n) is 1.21. The second kappa shape index (κ2) is 11.7. The van der Waals surface area contributed by atoms with E-state index < -0.39 is 0 Å². The molecule has 0 heterocycles. The first-order valence-corrected chi connectivity index (χ1v) is 6.42. The van der Waals surface area contributed by atoms with Crippen LogP contribution >= 0.6 is 0 Å². The topological polar surface area (TPSA) is 9.23 Å². The number of hydrogen-bond donors (Lipinski definition) is 0. The summed E-state index contributed by atoms with van der Waals surface area (Å²) in [5.74, 6) is 0.857. The molecule has 0 aromatic heterocycles. The molecule has 18 heavy (non-hydrogen) atoms. The van der Waals surface area contributed by atoms with E-state index in [-0.39, 0.29) is 0 Å². The summed E-state index contributed by atoms with van der Waals surface area (Å²) in [5.41, 5.74) is 1.32. The summed E-state index contributed by atoms with van der Waals surface area (Å²) in [7, 11) is 0. The highest BCUT2D eigenvalue weighted by Crippen LogP contribution is 2.12. The molecule has 0 fully saturated rings. The Bertz CT molecular complexity index is 358. The van der Waals surface area contributed by atoms with Crippen LogP contribution in [0.2, 0.25) is 0 Å². The molecule has 0 N–H and O–H groups in total. The molecule has 0 amide bonds. The van der Waals surface area contributed by atoms with Crippen LogP contribution in [0.3, 0.4) is 0 Å². The van der Waals surface area contributed by atoms with Crippen molar-refractivity contribution in [3.05, 3.63) is 67.0 Å². The molecule has 1 rings (SSSR count). The lowest BCUT2D eigenvalue weighted by Crippen LogP contribution is -1.83. The van der Waals surface area contributed by atoms with E-state index in [0.29, 0.717) is 0 Å². The van der Waals surface area contributed by atoms with Crippen molar-refractivity contribution in [3.63, 3.8) is 0 Å². The Morgan fingerprint density at radius 2 is 1.83 bits per heavy atom. The van der Waals surface area contributed by atoms with Crippen LogP contribution in [0.25, 0.3) is 0 Å². The zero-order chi connectivity index (χ0) is 13.6. The molecule has 1 heteroatoms. The van der Waals surface area contributed by atoms with Gasteiger partial charge in [0, 0.05) is 0 Å². The van der Waals surface area contributed by atoms with Crippen molar-refractivity contribution in [3.8, 4) is 5.75 Å². The van der Waals surface area contributed by atoms with Crippen LogP contribution in [0.1, 0.15) is 32.8 Å². The Labute approximate surface area is 111 Å². The molecule has 1 aromatic carbocycles. The van der Waals surface area contributed by atoms with Gasteiger partial charge in [0.1, 0.15) is 5.75 Å². The first-order valence-electron chi connectivity index (χ1n) is 6.42. The van der Waals surface area contributed by atoms with Crippen LogP contribution in [0.5, 0.6) is 5.75 Å². The van der Waals surface area contributed by atoms with Crippen LogP contribution in [-0.2, 0) is 6.42 Å². The lowest BCUT2D eigenvalue weighted by molar-refractivity contribution is 0.481. The highest BCUT2D eigenvalue weighted by molar-refractivity contribution is 5.27. The van der Waals surface area contributed by atoms with E-state index in [1.807, 2.05) is 19.1 Å². The molecular weight excluding hydrogens is 220 g/mol.